The van der Waals surface area contributed by atoms with Crippen molar-refractivity contribution in [3.8, 4) is 0 Å². The highest BCUT2D eigenvalue weighted by Crippen LogP contribution is 2.37. The van der Waals surface area contributed by atoms with Crippen molar-refractivity contribution in [2.45, 2.75) is 12.8 Å². The van der Waals surface area contributed by atoms with Gasteiger partial charge in [0.15, 0.2) is 0 Å². The average Bonchev–Trinajstić information content (AvgIpc) is 2.43. The zero-order valence-corrected chi connectivity index (χ0v) is 9.34. The molecule has 1 unspecified atom stereocenters. The topological polar surface area (TPSA) is 12.5 Å². The van der Waals surface area contributed by atoms with E-state index in [1.54, 1.807) is 7.11 Å². The zero-order valence-electron chi connectivity index (χ0n) is 7.75. The number of hydrogen-bond acceptors (Lipinski definition) is 2. The Morgan fingerprint density at radius 1 is 1.54 bits per heavy atom. The lowest BCUT2D eigenvalue weighted by molar-refractivity contribution is 0.171. The number of rotatable bonds is 1. The van der Waals surface area contributed by atoms with Crippen molar-refractivity contribution in [1.82, 2.24) is 0 Å². The molecule has 0 radical (unpaired) electrons. The highest BCUT2D eigenvalue weighted by molar-refractivity contribution is 9.10. The van der Waals surface area contributed by atoms with Crippen LogP contribution in [0.1, 0.15) is 18.4 Å². The Kier molecular flexibility index (Phi) is 2.30. The van der Waals surface area contributed by atoms with Crippen molar-refractivity contribution in [1.29, 1.82) is 0 Å². The lowest BCUT2D eigenvalue weighted by Gasteiger charge is -2.15. The molecule has 2 nitrogen and oxygen atoms in total. The number of benzene rings is 1. The summed E-state index contributed by atoms with van der Waals surface area (Å²) in [6, 6.07) is 6.30. The number of hydroxylamine groups is 1. The van der Waals surface area contributed by atoms with E-state index in [0.29, 0.717) is 5.92 Å². The molecule has 1 aromatic carbocycles. The van der Waals surface area contributed by atoms with Crippen molar-refractivity contribution in [3.05, 3.63) is 28.2 Å². The van der Waals surface area contributed by atoms with Crippen LogP contribution in [0.25, 0.3) is 0 Å². The largest absolute Gasteiger partial charge is 0.277 e. The van der Waals surface area contributed by atoms with Crippen LogP contribution in [0, 0.1) is 0 Å². The second kappa shape index (κ2) is 3.31. The molecule has 0 bridgehead atoms. The minimum atomic E-state index is 0.549. The van der Waals surface area contributed by atoms with Crippen LogP contribution in [0.15, 0.2) is 22.7 Å². The fourth-order valence-electron chi connectivity index (χ4n) is 1.77. The molecule has 0 aliphatic carbocycles. The summed E-state index contributed by atoms with van der Waals surface area (Å²) in [5.41, 5.74) is 2.55. The Morgan fingerprint density at radius 2 is 2.31 bits per heavy atom. The van der Waals surface area contributed by atoms with Gasteiger partial charge in [0, 0.05) is 10.4 Å². The highest BCUT2D eigenvalue weighted by atomic mass is 79.9. The molecule has 3 heteroatoms. The van der Waals surface area contributed by atoms with Crippen LogP contribution in [0.4, 0.5) is 5.69 Å². The monoisotopic (exact) mass is 241 g/mol. The molecule has 0 N–H and O–H groups in total. The maximum Gasteiger partial charge on any atom is 0.0672 e. The van der Waals surface area contributed by atoms with Gasteiger partial charge < -0.3 is 0 Å². The van der Waals surface area contributed by atoms with Crippen molar-refractivity contribution in [2.75, 3.05) is 18.7 Å². The number of hydrogen-bond donors (Lipinski definition) is 0. The van der Waals surface area contributed by atoms with E-state index in [4.69, 9.17) is 4.84 Å². The summed E-state index contributed by atoms with van der Waals surface area (Å²) in [5.74, 6) is 0.549. The molecular formula is C10H12BrNO. The molecule has 13 heavy (non-hydrogen) atoms. The summed E-state index contributed by atoms with van der Waals surface area (Å²) in [5, 5.41) is 1.94. The van der Waals surface area contributed by atoms with Gasteiger partial charge in [0.05, 0.1) is 19.3 Å². The van der Waals surface area contributed by atoms with Crippen LogP contribution in [0.2, 0.25) is 0 Å². The van der Waals surface area contributed by atoms with E-state index in [1.807, 2.05) is 11.1 Å². The van der Waals surface area contributed by atoms with Gasteiger partial charge in [-0.25, -0.2) is 0 Å². The molecule has 0 amide bonds. The molecule has 1 heterocycles. The molecule has 0 aromatic heterocycles. The SMILES string of the molecule is CON1CC(C)c2cc(Br)ccc21. The van der Waals surface area contributed by atoms with E-state index in [0.717, 1.165) is 11.0 Å². The van der Waals surface area contributed by atoms with Crippen LogP contribution in [-0.2, 0) is 4.84 Å². The minimum Gasteiger partial charge on any atom is -0.277 e. The third-order valence-electron chi connectivity index (χ3n) is 2.45. The number of halogens is 1. The second-order valence-electron chi connectivity index (χ2n) is 3.35. The summed E-state index contributed by atoms with van der Waals surface area (Å²) >= 11 is 3.47. The van der Waals surface area contributed by atoms with Gasteiger partial charge in [0.25, 0.3) is 0 Å². The molecule has 0 fully saturated rings. The minimum absolute atomic E-state index is 0.549. The summed E-state index contributed by atoms with van der Waals surface area (Å²) in [4.78, 5) is 5.27. The van der Waals surface area contributed by atoms with Crippen molar-refractivity contribution in [3.63, 3.8) is 0 Å². The first kappa shape index (κ1) is 9.03. The lowest BCUT2D eigenvalue weighted by Crippen LogP contribution is -2.19. The van der Waals surface area contributed by atoms with E-state index in [-0.39, 0.29) is 0 Å². The van der Waals surface area contributed by atoms with Crippen LogP contribution >= 0.6 is 15.9 Å². The highest BCUT2D eigenvalue weighted by Gasteiger charge is 2.25. The number of fused-ring (bicyclic) bond motifs is 1. The maximum absolute atomic E-state index is 5.27. The predicted octanol–water partition coefficient (Wildman–Crippen LogP) is 2.93. The predicted molar refractivity (Wildman–Crippen MR) is 56.9 cm³/mol. The van der Waals surface area contributed by atoms with E-state index < -0.39 is 0 Å². The molecule has 2 rings (SSSR count). The Balaban J connectivity index is 2.46. The standard InChI is InChI=1S/C10H12BrNO/c1-7-6-12(13-2)10-4-3-8(11)5-9(7)10/h3-5,7H,6H2,1-2H3. The zero-order chi connectivity index (χ0) is 9.42. The Bertz CT molecular complexity index is 327. The molecule has 0 spiro atoms. The van der Waals surface area contributed by atoms with Gasteiger partial charge in [-0.15, -0.1) is 0 Å². The van der Waals surface area contributed by atoms with E-state index in [9.17, 15) is 0 Å². The smallest absolute Gasteiger partial charge is 0.0672 e. The van der Waals surface area contributed by atoms with Crippen LogP contribution < -0.4 is 5.06 Å². The second-order valence-corrected chi connectivity index (χ2v) is 4.26. The third kappa shape index (κ3) is 1.46. The average molecular weight is 242 g/mol. The van der Waals surface area contributed by atoms with Gasteiger partial charge in [-0.3, -0.25) is 9.90 Å². The van der Waals surface area contributed by atoms with Crippen molar-refractivity contribution in [2.24, 2.45) is 0 Å². The first-order valence-electron chi connectivity index (χ1n) is 4.33. The first-order valence-corrected chi connectivity index (χ1v) is 5.12. The molecular weight excluding hydrogens is 230 g/mol. The fourth-order valence-corrected chi connectivity index (χ4v) is 2.14. The van der Waals surface area contributed by atoms with Crippen molar-refractivity contribution < 1.29 is 4.84 Å². The van der Waals surface area contributed by atoms with Crippen LogP contribution in [-0.4, -0.2) is 13.7 Å². The molecule has 1 atom stereocenters. The maximum atomic E-state index is 5.27. The molecule has 0 saturated carbocycles. The lowest BCUT2D eigenvalue weighted by atomic mass is 10.0. The van der Waals surface area contributed by atoms with Gasteiger partial charge >= 0.3 is 0 Å². The molecule has 70 valence electrons. The normalized spacial score (nSPS) is 20.5. The van der Waals surface area contributed by atoms with Crippen molar-refractivity contribution >= 4 is 21.6 Å². The van der Waals surface area contributed by atoms with E-state index in [2.05, 4.69) is 35.0 Å². The molecule has 1 aliphatic heterocycles. The molecule has 0 saturated heterocycles. The Labute approximate surface area is 86.6 Å². The van der Waals surface area contributed by atoms with Crippen LogP contribution in [0.3, 0.4) is 0 Å². The van der Waals surface area contributed by atoms with Gasteiger partial charge in [0.1, 0.15) is 0 Å². The molecule has 1 aromatic rings. The summed E-state index contributed by atoms with van der Waals surface area (Å²) in [6.45, 7) is 3.16. The first-order chi connectivity index (χ1) is 6.22. The quantitative estimate of drug-likeness (QED) is 0.750. The summed E-state index contributed by atoms with van der Waals surface area (Å²) < 4.78 is 1.14. The van der Waals surface area contributed by atoms with Gasteiger partial charge in [0.2, 0.25) is 0 Å². The Morgan fingerprint density at radius 3 is 3.00 bits per heavy atom. The number of nitrogens with zero attached hydrogens (tertiary/aromatic N) is 1. The van der Waals surface area contributed by atoms with E-state index >= 15 is 0 Å². The van der Waals surface area contributed by atoms with E-state index in [1.165, 1.54) is 11.3 Å². The number of anilines is 1. The summed E-state index contributed by atoms with van der Waals surface area (Å²) in [6.07, 6.45) is 0. The van der Waals surface area contributed by atoms with Crippen LogP contribution in [0.5, 0.6) is 0 Å². The van der Waals surface area contributed by atoms with Gasteiger partial charge in [-0.1, -0.05) is 22.9 Å². The summed E-state index contributed by atoms with van der Waals surface area (Å²) in [7, 11) is 1.71. The fraction of sp³-hybridized carbons (Fsp3) is 0.400. The van der Waals surface area contributed by atoms with Gasteiger partial charge in [-0.05, 0) is 23.8 Å². The third-order valence-corrected chi connectivity index (χ3v) is 2.94. The molecule has 1 aliphatic rings. The Hall–Kier alpha value is -0.540. The van der Waals surface area contributed by atoms with Gasteiger partial charge in [-0.2, -0.15) is 0 Å².